The number of carboxylic acid groups (broad SMARTS) is 1. The third-order valence-electron chi connectivity index (χ3n) is 2.94. The molecule has 0 heterocycles. The largest absolute Gasteiger partial charge is 0.545 e. The third-order valence-corrected chi connectivity index (χ3v) is 4.07. The molecule has 0 bridgehead atoms. The Hall–Kier alpha value is -2.14. The van der Waals surface area contributed by atoms with Crippen molar-refractivity contribution in [2.45, 2.75) is 10.6 Å². The molecule has 2 aromatic rings. The predicted molar refractivity (Wildman–Crippen MR) is 79.9 cm³/mol. The fourth-order valence-corrected chi connectivity index (χ4v) is 2.88. The minimum atomic E-state index is -1.23. The van der Waals surface area contributed by atoms with Crippen molar-refractivity contribution < 1.29 is 19.4 Å². The fraction of sp³-hybridized carbons (Fsp3) is 0.188. The molecule has 110 valence electrons. The normalized spacial score (nSPS) is 10.2. The summed E-state index contributed by atoms with van der Waals surface area (Å²) < 4.78 is 10.3. The number of rotatable bonds is 6. The first-order chi connectivity index (χ1) is 10.2. The van der Waals surface area contributed by atoms with Crippen molar-refractivity contribution in [3.63, 3.8) is 0 Å². The van der Waals surface area contributed by atoms with Crippen LogP contribution in [0.2, 0.25) is 0 Å². The Balaban J connectivity index is 2.30. The Kier molecular flexibility index (Phi) is 5.11. The molecule has 0 spiro atoms. The van der Waals surface area contributed by atoms with Crippen molar-refractivity contribution in [3.8, 4) is 11.5 Å². The van der Waals surface area contributed by atoms with Crippen molar-refractivity contribution in [2.75, 3.05) is 14.2 Å². The average molecular weight is 303 g/mol. The van der Waals surface area contributed by atoms with Gasteiger partial charge >= 0.3 is 0 Å². The van der Waals surface area contributed by atoms with Crippen LogP contribution < -0.4 is 14.6 Å². The first-order valence-corrected chi connectivity index (χ1v) is 7.28. The van der Waals surface area contributed by atoms with Gasteiger partial charge in [-0.15, -0.1) is 11.8 Å². The lowest BCUT2D eigenvalue weighted by Crippen LogP contribution is -2.23. The number of carbonyl (C=O) groups excluding carboxylic acids is 1. The van der Waals surface area contributed by atoms with Crippen LogP contribution in [-0.2, 0) is 5.75 Å². The minimum Gasteiger partial charge on any atom is -0.545 e. The van der Waals surface area contributed by atoms with E-state index in [0.29, 0.717) is 22.1 Å². The number of carbonyl (C=O) groups is 1. The van der Waals surface area contributed by atoms with E-state index in [2.05, 4.69) is 0 Å². The van der Waals surface area contributed by atoms with Gasteiger partial charge < -0.3 is 19.4 Å². The first kappa shape index (κ1) is 15.3. The maximum absolute atomic E-state index is 11.3. The van der Waals surface area contributed by atoms with Crippen LogP contribution in [0.3, 0.4) is 0 Å². The highest BCUT2D eigenvalue weighted by Gasteiger charge is 2.12. The quantitative estimate of drug-likeness (QED) is 0.767. The standard InChI is InChI=1S/C16H16O4S/c1-19-13-8-12(16(17)18)15(9-14(13)20-2)21-10-11-6-4-3-5-7-11/h3-9H,10H2,1-2H3,(H,17,18)/p-1. The number of thioether (sulfide) groups is 1. The molecule has 2 rings (SSSR count). The second-order valence-electron chi connectivity index (χ2n) is 4.27. The molecule has 0 unspecified atom stereocenters. The van der Waals surface area contributed by atoms with E-state index in [1.807, 2.05) is 30.3 Å². The fourth-order valence-electron chi connectivity index (χ4n) is 1.87. The molecule has 0 atom stereocenters. The second-order valence-corrected chi connectivity index (χ2v) is 5.28. The number of carboxylic acids is 1. The van der Waals surface area contributed by atoms with Gasteiger partial charge in [0.25, 0.3) is 0 Å². The molecule has 0 saturated carbocycles. The summed E-state index contributed by atoms with van der Waals surface area (Å²) in [5, 5.41) is 11.3. The van der Waals surface area contributed by atoms with Gasteiger partial charge in [-0.1, -0.05) is 30.3 Å². The highest BCUT2D eigenvalue weighted by atomic mass is 32.2. The third kappa shape index (κ3) is 3.70. The summed E-state index contributed by atoms with van der Waals surface area (Å²) in [6, 6.07) is 12.9. The highest BCUT2D eigenvalue weighted by molar-refractivity contribution is 7.98. The summed E-state index contributed by atoms with van der Waals surface area (Å²) in [7, 11) is 2.98. The zero-order valence-electron chi connectivity index (χ0n) is 11.8. The van der Waals surface area contributed by atoms with E-state index < -0.39 is 5.97 Å². The van der Waals surface area contributed by atoms with Crippen molar-refractivity contribution >= 4 is 17.7 Å². The Bertz CT molecular complexity index is 626. The SMILES string of the molecule is COc1cc(SCc2ccccc2)c(C(=O)[O-])cc1OC. The monoisotopic (exact) mass is 303 g/mol. The molecular weight excluding hydrogens is 288 g/mol. The molecular formula is C16H15O4S-. The van der Waals surface area contributed by atoms with Gasteiger partial charge in [0, 0.05) is 16.2 Å². The summed E-state index contributed by atoms with van der Waals surface area (Å²) in [6.45, 7) is 0. The number of aromatic carboxylic acids is 1. The van der Waals surface area contributed by atoms with Gasteiger partial charge in [0.1, 0.15) is 0 Å². The Morgan fingerprint density at radius 3 is 2.29 bits per heavy atom. The zero-order valence-corrected chi connectivity index (χ0v) is 12.6. The summed E-state index contributed by atoms with van der Waals surface area (Å²) in [5.41, 5.74) is 1.22. The molecule has 0 aromatic heterocycles. The van der Waals surface area contributed by atoms with Crippen molar-refractivity contribution in [1.82, 2.24) is 0 Å². The zero-order chi connectivity index (χ0) is 15.2. The molecule has 5 heteroatoms. The number of benzene rings is 2. The number of hydrogen-bond donors (Lipinski definition) is 0. The second kappa shape index (κ2) is 7.04. The lowest BCUT2D eigenvalue weighted by molar-refractivity contribution is -0.255. The van der Waals surface area contributed by atoms with Gasteiger partial charge in [-0.25, -0.2) is 0 Å². The van der Waals surface area contributed by atoms with Crippen LogP contribution in [0.1, 0.15) is 15.9 Å². The molecule has 0 aliphatic heterocycles. The maximum atomic E-state index is 11.3. The van der Waals surface area contributed by atoms with Gasteiger partial charge in [0.2, 0.25) is 0 Å². The number of hydrogen-bond acceptors (Lipinski definition) is 5. The van der Waals surface area contributed by atoms with E-state index in [-0.39, 0.29) is 5.56 Å². The molecule has 0 fully saturated rings. The summed E-state index contributed by atoms with van der Waals surface area (Å²) >= 11 is 1.42. The van der Waals surface area contributed by atoms with Crippen LogP contribution in [0.25, 0.3) is 0 Å². The topological polar surface area (TPSA) is 58.6 Å². The van der Waals surface area contributed by atoms with E-state index in [9.17, 15) is 9.90 Å². The van der Waals surface area contributed by atoms with Crippen molar-refractivity contribution in [3.05, 3.63) is 53.6 Å². The Labute approximate surface area is 127 Å². The van der Waals surface area contributed by atoms with E-state index in [1.54, 1.807) is 6.07 Å². The Morgan fingerprint density at radius 1 is 1.10 bits per heavy atom. The van der Waals surface area contributed by atoms with Crippen LogP contribution in [0.5, 0.6) is 11.5 Å². The molecule has 0 aliphatic rings. The van der Waals surface area contributed by atoms with Crippen molar-refractivity contribution in [1.29, 1.82) is 0 Å². The van der Waals surface area contributed by atoms with Crippen LogP contribution in [0.15, 0.2) is 47.4 Å². The summed E-state index contributed by atoms with van der Waals surface area (Å²) in [4.78, 5) is 11.9. The number of ether oxygens (including phenoxy) is 2. The molecule has 21 heavy (non-hydrogen) atoms. The molecule has 4 nitrogen and oxygen atoms in total. The van der Waals surface area contributed by atoms with E-state index in [0.717, 1.165) is 5.56 Å². The van der Waals surface area contributed by atoms with Gasteiger partial charge in [-0.2, -0.15) is 0 Å². The molecule has 0 amide bonds. The average Bonchev–Trinajstić information content (AvgIpc) is 2.52. The molecule has 0 radical (unpaired) electrons. The maximum Gasteiger partial charge on any atom is 0.161 e. The molecule has 0 N–H and O–H groups in total. The van der Waals surface area contributed by atoms with Gasteiger partial charge in [-0.3, -0.25) is 0 Å². The van der Waals surface area contributed by atoms with Gasteiger partial charge in [0.05, 0.1) is 20.2 Å². The highest BCUT2D eigenvalue weighted by Crippen LogP contribution is 2.36. The van der Waals surface area contributed by atoms with Crippen LogP contribution >= 0.6 is 11.8 Å². The van der Waals surface area contributed by atoms with E-state index in [4.69, 9.17) is 9.47 Å². The number of methoxy groups -OCH3 is 2. The van der Waals surface area contributed by atoms with Crippen molar-refractivity contribution in [2.24, 2.45) is 0 Å². The molecule has 0 aliphatic carbocycles. The van der Waals surface area contributed by atoms with Gasteiger partial charge in [0.15, 0.2) is 11.5 Å². The van der Waals surface area contributed by atoms with Crippen LogP contribution in [-0.4, -0.2) is 20.2 Å². The van der Waals surface area contributed by atoms with Gasteiger partial charge in [-0.05, 0) is 17.7 Å². The Morgan fingerprint density at radius 2 is 1.71 bits per heavy atom. The summed E-state index contributed by atoms with van der Waals surface area (Å²) in [5.74, 6) is 0.307. The minimum absolute atomic E-state index is 0.105. The predicted octanol–water partition coefficient (Wildman–Crippen LogP) is 2.36. The van der Waals surface area contributed by atoms with Crippen LogP contribution in [0.4, 0.5) is 0 Å². The molecule has 2 aromatic carbocycles. The van der Waals surface area contributed by atoms with E-state index in [1.165, 1.54) is 32.0 Å². The smallest absolute Gasteiger partial charge is 0.161 e. The van der Waals surface area contributed by atoms with Crippen LogP contribution in [0, 0.1) is 0 Å². The van der Waals surface area contributed by atoms with E-state index >= 15 is 0 Å². The lowest BCUT2D eigenvalue weighted by atomic mass is 10.2. The summed E-state index contributed by atoms with van der Waals surface area (Å²) in [6.07, 6.45) is 0. The lowest BCUT2D eigenvalue weighted by Gasteiger charge is -2.15. The first-order valence-electron chi connectivity index (χ1n) is 6.29. The molecule has 0 saturated heterocycles.